The number of halogens is 10. The Hall–Kier alpha value is -8.88. The number of likely N-dealkylation sites (tertiary alicyclic amines) is 1. The number of carbonyl (C=O) groups excluding carboxylic acids is 12. The standard InChI is InChI=1S/C75H98F10N12O12/c1-9-43(2)61-69(107)90(4)41-59(100)91(5)52-20-11-10-14-33-96(68(52)106)55(37-45-23-26-48(27-24-45)74(80,81)82)66(104)89(3)40-57(98)86-51(28-25-46-34-49(76)60(50(77)35-46)75(83,84)85)65(103)97-42-73(78,79)39-56(97)64(102)88-72(29-17-30-72)71(109)94(8)62(47-18-12-13-19-47)70(108)93(7)54(67(105)95-31-15-16-32-95)38-58(99)92(6)53(63(101)87-61)36-44-21-22-44/h10-11,23-24,26-27,34-35,43-44,47,51-56,61-62H,9,12-22,25,28-33,36-42H2,1-8H3,(H,86,98)(H,87,101)(H,88,102)/b11-10-/t43-,51-,52+,53-,54-,55-,56-,61-,62-/m0/s1. The van der Waals surface area contributed by atoms with Gasteiger partial charge in [0.15, 0.2) is 0 Å². The molecule has 0 radical (unpaired) electrons. The van der Waals surface area contributed by atoms with Gasteiger partial charge >= 0.3 is 12.4 Å². The molecule has 109 heavy (non-hydrogen) atoms. The largest absolute Gasteiger partial charge is 0.422 e. The summed E-state index contributed by atoms with van der Waals surface area (Å²) in [6.45, 7) is 0.417. The molecule has 2 aromatic carbocycles. The van der Waals surface area contributed by atoms with Crippen molar-refractivity contribution in [3.8, 4) is 0 Å². The Bertz CT molecular complexity index is 3760. The number of likely N-dealkylation sites (N-methyl/N-ethyl adjacent to an activating group) is 6. The first-order valence-corrected chi connectivity index (χ1v) is 37.3. The predicted molar refractivity (Wildman–Crippen MR) is 373 cm³/mol. The van der Waals surface area contributed by atoms with Crippen LogP contribution in [-0.2, 0) is 82.7 Å². The van der Waals surface area contributed by atoms with Crippen molar-refractivity contribution in [2.24, 2.45) is 17.8 Å². The van der Waals surface area contributed by atoms with E-state index in [1.54, 1.807) is 26.0 Å². The molecule has 24 nitrogen and oxygen atoms in total. The van der Waals surface area contributed by atoms with Gasteiger partial charge in [0.2, 0.25) is 70.9 Å². The van der Waals surface area contributed by atoms with Crippen LogP contribution in [0.4, 0.5) is 43.9 Å². The van der Waals surface area contributed by atoms with Crippen molar-refractivity contribution in [1.29, 1.82) is 0 Å². The van der Waals surface area contributed by atoms with Crippen molar-refractivity contribution >= 4 is 70.9 Å². The number of aryl methyl sites for hydroxylation is 1. The molecule has 6 fully saturated rings. The number of benzene rings is 2. The van der Waals surface area contributed by atoms with Gasteiger partial charge in [0.05, 0.1) is 31.6 Å². The zero-order chi connectivity index (χ0) is 80.1. The minimum absolute atomic E-state index is 0.0274. The van der Waals surface area contributed by atoms with Crippen LogP contribution in [0.15, 0.2) is 48.6 Å². The normalized spacial score (nSPS) is 27.2. The Kier molecular flexibility index (Phi) is 26.7. The molecular formula is C75H98F10N12O12. The highest BCUT2D eigenvalue weighted by atomic mass is 19.4. The number of nitrogens with one attached hydrogen (secondary N) is 3. The maximum absolute atomic E-state index is 16.2. The van der Waals surface area contributed by atoms with E-state index < -0.39 is 235 Å². The van der Waals surface area contributed by atoms with Crippen LogP contribution in [0.3, 0.4) is 0 Å². The van der Waals surface area contributed by atoms with Crippen molar-refractivity contribution in [3.05, 3.63) is 82.4 Å². The van der Waals surface area contributed by atoms with E-state index in [4.69, 9.17) is 0 Å². The van der Waals surface area contributed by atoms with E-state index in [0.29, 0.717) is 74.8 Å². The van der Waals surface area contributed by atoms with Crippen LogP contribution in [-0.4, -0.2) is 256 Å². The summed E-state index contributed by atoms with van der Waals surface area (Å²) in [5.41, 5.74) is -5.73. The Morgan fingerprint density at radius 3 is 1.83 bits per heavy atom. The third-order valence-corrected chi connectivity index (χ3v) is 22.9. The SMILES string of the molecule is CC[C@H](C)[C@@H]1NC(=O)[C@H](CC2CC2)N(C)C(=O)C[C@@H](C(=O)N2CCCC2)N(C)C(=O)[C@H](C2CCCC2)N(C)C(=O)C2(CCC2)NC(=O)[C@@H]2CC(F)(F)CN2C(=O)[C@H](CCc2cc(F)c(C(F)(F)F)c(F)c2)NC(=O)CN(C)C(=O)[C@H](Cc2ccc(C(F)(F)F)cc2)N2CC/C=C\C[C@H](C2=O)N(C)C(=O)CN(C)C1=O. The van der Waals surface area contributed by atoms with E-state index >= 15 is 46.3 Å². The zero-order valence-corrected chi connectivity index (χ0v) is 62.6. The number of hydrogen-bond donors (Lipinski definition) is 3. The molecule has 12 amide bonds. The molecular weight excluding hydrogens is 1450 g/mol. The molecule has 3 saturated heterocycles. The number of carbonyl (C=O) groups is 12. The Labute approximate surface area is 626 Å². The van der Waals surface area contributed by atoms with Crippen molar-refractivity contribution < 1.29 is 101 Å². The lowest BCUT2D eigenvalue weighted by Gasteiger charge is -2.46. The van der Waals surface area contributed by atoms with Crippen molar-refractivity contribution in [2.45, 2.75) is 214 Å². The van der Waals surface area contributed by atoms with Gasteiger partial charge in [-0.2, -0.15) is 26.3 Å². The lowest BCUT2D eigenvalue weighted by molar-refractivity contribution is -0.158. The van der Waals surface area contributed by atoms with Crippen LogP contribution in [0, 0.1) is 29.4 Å². The van der Waals surface area contributed by atoms with Gasteiger partial charge in [0.1, 0.15) is 71.1 Å². The highest BCUT2D eigenvalue weighted by Gasteiger charge is 2.57. The number of fused-ring (bicyclic) bond motifs is 3. The maximum atomic E-state index is 16.2. The molecule has 3 aliphatic carbocycles. The predicted octanol–water partition coefficient (Wildman–Crippen LogP) is 6.26. The first kappa shape index (κ1) is 84.1. The highest BCUT2D eigenvalue weighted by molar-refractivity contribution is 6.01. The monoisotopic (exact) mass is 1550 g/mol. The topological polar surface area (TPSA) is 270 Å². The number of rotatable bonds is 11. The number of nitrogens with zero attached hydrogens (tertiary/aromatic N) is 9. The van der Waals surface area contributed by atoms with E-state index in [9.17, 15) is 55.1 Å². The van der Waals surface area contributed by atoms with Crippen LogP contribution in [0.2, 0.25) is 0 Å². The molecule has 4 aliphatic heterocycles. The van der Waals surface area contributed by atoms with Crippen LogP contribution < -0.4 is 16.0 Å². The van der Waals surface area contributed by atoms with Gasteiger partial charge in [-0.3, -0.25) is 57.5 Å². The summed E-state index contributed by atoms with van der Waals surface area (Å²) in [4.78, 5) is 190. The van der Waals surface area contributed by atoms with Crippen molar-refractivity contribution in [3.63, 3.8) is 0 Å². The van der Waals surface area contributed by atoms with Gasteiger partial charge in [-0.25, -0.2) is 17.6 Å². The Balaban J connectivity index is 1.12. The van der Waals surface area contributed by atoms with Gasteiger partial charge in [0.25, 0.3) is 5.92 Å². The summed E-state index contributed by atoms with van der Waals surface area (Å²) in [7, 11) is 7.63. The van der Waals surface area contributed by atoms with E-state index in [2.05, 4.69) is 16.0 Å². The van der Waals surface area contributed by atoms with Gasteiger partial charge in [0, 0.05) is 74.8 Å². The maximum Gasteiger partial charge on any atom is 0.422 e. The quantitative estimate of drug-likeness (QED) is 0.166. The molecule has 3 saturated carbocycles. The van der Waals surface area contributed by atoms with Crippen molar-refractivity contribution in [1.82, 2.24) is 60.0 Å². The Morgan fingerprint density at radius 2 is 1.25 bits per heavy atom. The molecule has 600 valence electrons. The molecule has 0 unspecified atom stereocenters. The molecule has 2 bridgehead atoms. The van der Waals surface area contributed by atoms with Crippen LogP contribution in [0.1, 0.15) is 152 Å². The molecule has 0 aromatic heterocycles. The summed E-state index contributed by atoms with van der Waals surface area (Å²) in [5, 5.41) is 7.80. The van der Waals surface area contributed by atoms with Gasteiger partial charge in [-0.15, -0.1) is 0 Å². The summed E-state index contributed by atoms with van der Waals surface area (Å²) < 4.78 is 146. The molecule has 1 spiro atoms. The van der Waals surface area contributed by atoms with E-state index in [1.807, 2.05) is 0 Å². The van der Waals surface area contributed by atoms with E-state index in [-0.39, 0.29) is 69.6 Å². The molecule has 7 aliphatic rings. The lowest BCUT2D eigenvalue weighted by atomic mass is 9.74. The lowest BCUT2D eigenvalue weighted by Crippen LogP contribution is -2.68. The number of hydrogen-bond acceptors (Lipinski definition) is 12. The van der Waals surface area contributed by atoms with Crippen LogP contribution in [0.5, 0.6) is 0 Å². The average Bonchev–Trinajstić information content (AvgIpc) is 1.55. The molecule has 4 heterocycles. The molecule has 2 aromatic rings. The van der Waals surface area contributed by atoms with Crippen LogP contribution >= 0.6 is 0 Å². The third-order valence-electron chi connectivity index (χ3n) is 22.9. The summed E-state index contributed by atoms with van der Waals surface area (Å²) >= 11 is 0. The second kappa shape index (κ2) is 34.6. The Morgan fingerprint density at radius 1 is 0.624 bits per heavy atom. The second-order valence-corrected chi connectivity index (χ2v) is 30.6. The number of alkyl halides is 8. The van der Waals surface area contributed by atoms with Crippen molar-refractivity contribution in [2.75, 3.05) is 81.6 Å². The minimum atomic E-state index is -5.52. The van der Waals surface area contributed by atoms with E-state index in [1.165, 1.54) is 45.0 Å². The summed E-state index contributed by atoms with van der Waals surface area (Å²) in [5.74, 6) is -20.5. The smallest absolute Gasteiger partial charge is 0.343 e. The van der Waals surface area contributed by atoms with E-state index in [0.717, 1.165) is 60.7 Å². The molecule has 9 atom stereocenters. The zero-order valence-electron chi connectivity index (χ0n) is 62.6. The molecule has 9 rings (SSSR count). The second-order valence-electron chi connectivity index (χ2n) is 30.6. The first-order valence-electron chi connectivity index (χ1n) is 37.3. The third kappa shape index (κ3) is 19.7. The molecule has 34 heteroatoms. The highest BCUT2D eigenvalue weighted by Crippen LogP contribution is 2.41. The fourth-order valence-corrected chi connectivity index (χ4v) is 15.7. The van der Waals surface area contributed by atoms with Gasteiger partial charge in [-0.05, 0) is 130 Å². The van der Waals surface area contributed by atoms with Crippen LogP contribution in [0.25, 0.3) is 0 Å². The van der Waals surface area contributed by atoms with Gasteiger partial charge < -0.3 is 60.0 Å². The minimum Gasteiger partial charge on any atom is -0.343 e. The fourth-order valence-electron chi connectivity index (χ4n) is 15.7. The fraction of sp³-hybridized carbons (Fsp3) is 0.653. The molecule has 3 N–H and O–H groups in total. The average molecular weight is 1550 g/mol. The summed E-state index contributed by atoms with van der Waals surface area (Å²) in [6, 6.07) is -8.77. The number of amides is 12. The summed E-state index contributed by atoms with van der Waals surface area (Å²) in [6.07, 6.45) is -6.30. The van der Waals surface area contributed by atoms with Gasteiger partial charge in [-0.1, -0.05) is 70.2 Å². The first-order chi connectivity index (χ1) is 51.2.